The maximum absolute atomic E-state index is 12.8. The highest BCUT2D eigenvalue weighted by molar-refractivity contribution is 7.89. The van der Waals surface area contributed by atoms with Gasteiger partial charge < -0.3 is 4.42 Å². The lowest BCUT2D eigenvalue weighted by Crippen LogP contribution is -2.32. The van der Waals surface area contributed by atoms with Crippen LogP contribution in [-0.4, -0.2) is 18.8 Å². The lowest BCUT2D eigenvalue weighted by Gasteiger charge is -2.21. The number of nitriles is 1. The molecule has 1 aliphatic rings. The van der Waals surface area contributed by atoms with Gasteiger partial charge in [0.1, 0.15) is 11.8 Å². The van der Waals surface area contributed by atoms with Gasteiger partial charge in [0.05, 0.1) is 28.3 Å². The van der Waals surface area contributed by atoms with Gasteiger partial charge in [-0.1, -0.05) is 11.6 Å². The van der Waals surface area contributed by atoms with E-state index in [9.17, 15) is 8.42 Å². The Morgan fingerprint density at radius 3 is 2.68 bits per heavy atom. The first kappa shape index (κ1) is 15.1. The van der Waals surface area contributed by atoms with Crippen molar-refractivity contribution < 1.29 is 12.8 Å². The highest BCUT2D eigenvalue weighted by atomic mass is 35.5. The van der Waals surface area contributed by atoms with E-state index < -0.39 is 10.0 Å². The van der Waals surface area contributed by atoms with Crippen LogP contribution >= 0.6 is 11.6 Å². The molecule has 0 radical (unpaired) electrons. The molecule has 1 aromatic carbocycles. The van der Waals surface area contributed by atoms with Gasteiger partial charge in [0, 0.05) is 6.04 Å². The predicted molar refractivity (Wildman–Crippen MR) is 80.6 cm³/mol. The molecule has 1 saturated carbocycles. The Hall–Kier alpha value is -1.81. The van der Waals surface area contributed by atoms with Crippen LogP contribution in [0.3, 0.4) is 0 Å². The number of halogens is 1. The highest BCUT2D eigenvalue weighted by Crippen LogP contribution is 2.34. The van der Waals surface area contributed by atoms with Gasteiger partial charge in [-0.25, -0.2) is 8.42 Å². The van der Waals surface area contributed by atoms with Crippen molar-refractivity contribution in [1.29, 1.82) is 5.26 Å². The first-order valence-electron chi connectivity index (χ1n) is 6.76. The van der Waals surface area contributed by atoms with Crippen molar-refractivity contribution in [3.8, 4) is 6.07 Å². The zero-order valence-electron chi connectivity index (χ0n) is 11.6. The molecule has 1 heterocycles. The summed E-state index contributed by atoms with van der Waals surface area (Å²) in [5.74, 6) is 0.593. The number of benzene rings is 1. The van der Waals surface area contributed by atoms with E-state index in [0.29, 0.717) is 5.76 Å². The normalized spacial score (nSPS) is 15.0. The van der Waals surface area contributed by atoms with Crippen LogP contribution < -0.4 is 0 Å². The number of furan rings is 1. The molecule has 2 aromatic rings. The number of hydrogen-bond acceptors (Lipinski definition) is 4. The highest BCUT2D eigenvalue weighted by Gasteiger charge is 2.38. The molecule has 1 fully saturated rings. The van der Waals surface area contributed by atoms with E-state index in [0.717, 1.165) is 12.8 Å². The van der Waals surface area contributed by atoms with Gasteiger partial charge in [0.2, 0.25) is 10.0 Å². The quantitative estimate of drug-likeness (QED) is 0.840. The van der Waals surface area contributed by atoms with Gasteiger partial charge in [-0.05, 0) is 43.2 Å². The minimum Gasteiger partial charge on any atom is -0.468 e. The summed E-state index contributed by atoms with van der Waals surface area (Å²) in [7, 11) is -3.68. The third-order valence-electron chi connectivity index (χ3n) is 3.51. The van der Waals surface area contributed by atoms with Gasteiger partial charge in [-0.2, -0.15) is 9.57 Å². The largest absolute Gasteiger partial charge is 0.468 e. The Morgan fingerprint density at radius 1 is 1.36 bits per heavy atom. The van der Waals surface area contributed by atoms with Gasteiger partial charge in [-0.3, -0.25) is 0 Å². The van der Waals surface area contributed by atoms with Crippen molar-refractivity contribution in [2.75, 3.05) is 0 Å². The molecule has 0 unspecified atom stereocenters. The van der Waals surface area contributed by atoms with Crippen molar-refractivity contribution in [3.63, 3.8) is 0 Å². The standard InChI is InChI=1S/C15H13ClN2O3S/c16-15-8-14(6-3-11(15)9-17)22(19,20)18(12-4-5-12)10-13-2-1-7-21-13/h1-3,6-8,12H,4-5,10H2. The van der Waals surface area contributed by atoms with Crippen LogP contribution in [0.25, 0.3) is 0 Å². The van der Waals surface area contributed by atoms with Gasteiger partial charge in [-0.15, -0.1) is 0 Å². The molecule has 114 valence electrons. The van der Waals surface area contributed by atoms with Crippen molar-refractivity contribution in [1.82, 2.24) is 4.31 Å². The second-order valence-electron chi connectivity index (χ2n) is 5.11. The Kier molecular flexibility index (Phi) is 3.96. The molecule has 1 aliphatic carbocycles. The fraction of sp³-hybridized carbons (Fsp3) is 0.267. The van der Waals surface area contributed by atoms with Crippen LogP contribution in [0.15, 0.2) is 45.9 Å². The topological polar surface area (TPSA) is 74.3 Å². The van der Waals surface area contributed by atoms with E-state index in [1.165, 1.54) is 28.8 Å². The van der Waals surface area contributed by atoms with Crippen LogP contribution in [0, 0.1) is 11.3 Å². The maximum Gasteiger partial charge on any atom is 0.243 e. The van der Waals surface area contributed by atoms with E-state index in [2.05, 4.69) is 0 Å². The second kappa shape index (κ2) is 5.76. The number of hydrogen-bond donors (Lipinski definition) is 0. The second-order valence-corrected chi connectivity index (χ2v) is 7.41. The monoisotopic (exact) mass is 336 g/mol. The summed E-state index contributed by atoms with van der Waals surface area (Å²) >= 11 is 5.95. The van der Waals surface area contributed by atoms with Crippen molar-refractivity contribution in [2.45, 2.75) is 30.3 Å². The molecule has 5 nitrogen and oxygen atoms in total. The van der Waals surface area contributed by atoms with E-state index >= 15 is 0 Å². The Morgan fingerprint density at radius 2 is 2.14 bits per heavy atom. The van der Waals surface area contributed by atoms with E-state index in [1.807, 2.05) is 6.07 Å². The first-order chi connectivity index (χ1) is 10.5. The average Bonchev–Trinajstić information content (AvgIpc) is 3.20. The molecule has 1 aromatic heterocycles. The molecule has 7 heteroatoms. The summed E-state index contributed by atoms with van der Waals surface area (Å²) in [6.07, 6.45) is 3.19. The Bertz CT molecular complexity index is 821. The Labute approximate surface area is 133 Å². The smallest absolute Gasteiger partial charge is 0.243 e. The zero-order valence-corrected chi connectivity index (χ0v) is 13.1. The van der Waals surface area contributed by atoms with Gasteiger partial charge >= 0.3 is 0 Å². The van der Waals surface area contributed by atoms with Crippen LogP contribution in [-0.2, 0) is 16.6 Å². The minimum absolute atomic E-state index is 0.00970. The summed E-state index contributed by atoms with van der Waals surface area (Å²) in [4.78, 5) is 0.0926. The first-order valence-corrected chi connectivity index (χ1v) is 8.58. The molecule has 0 amide bonds. The summed E-state index contributed by atoms with van der Waals surface area (Å²) in [5.41, 5.74) is 0.254. The fourth-order valence-corrected chi connectivity index (χ4v) is 4.18. The third kappa shape index (κ3) is 2.88. The van der Waals surface area contributed by atoms with Crippen molar-refractivity contribution >= 4 is 21.6 Å². The van der Waals surface area contributed by atoms with E-state index in [-0.39, 0.29) is 28.1 Å². The SMILES string of the molecule is N#Cc1ccc(S(=O)(=O)N(Cc2ccco2)C2CC2)cc1Cl. The molecule has 0 bridgehead atoms. The fourth-order valence-electron chi connectivity index (χ4n) is 2.21. The molecule has 0 N–H and O–H groups in total. The summed E-state index contributed by atoms with van der Waals surface area (Å²) in [5, 5.41) is 9.02. The molecule has 0 atom stereocenters. The molecule has 3 rings (SSSR count). The third-order valence-corrected chi connectivity index (χ3v) is 5.72. The molecular weight excluding hydrogens is 324 g/mol. The summed E-state index contributed by atoms with van der Waals surface area (Å²) in [6.45, 7) is 0.192. The van der Waals surface area contributed by atoms with Crippen LogP contribution in [0.2, 0.25) is 5.02 Å². The molecule has 0 saturated heterocycles. The van der Waals surface area contributed by atoms with Crippen LogP contribution in [0.4, 0.5) is 0 Å². The van der Waals surface area contributed by atoms with Gasteiger partial charge in [0.25, 0.3) is 0 Å². The minimum atomic E-state index is -3.68. The van der Waals surface area contributed by atoms with Crippen LogP contribution in [0.5, 0.6) is 0 Å². The average molecular weight is 337 g/mol. The number of sulfonamides is 1. The molecular formula is C15H13ClN2O3S. The van der Waals surface area contributed by atoms with Gasteiger partial charge in [0.15, 0.2) is 0 Å². The summed E-state index contributed by atoms with van der Waals surface area (Å²) < 4.78 is 32.4. The zero-order chi connectivity index (χ0) is 15.7. The van der Waals surface area contributed by atoms with E-state index in [1.54, 1.807) is 12.1 Å². The molecule has 0 spiro atoms. The van der Waals surface area contributed by atoms with Crippen molar-refractivity contribution in [3.05, 3.63) is 52.9 Å². The summed E-state index contributed by atoms with van der Waals surface area (Å²) in [6, 6.07) is 9.55. The lowest BCUT2D eigenvalue weighted by atomic mass is 10.2. The van der Waals surface area contributed by atoms with Crippen molar-refractivity contribution in [2.24, 2.45) is 0 Å². The molecule has 22 heavy (non-hydrogen) atoms. The lowest BCUT2D eigenvalue weighted by molar-refractivity contribution is 0.356. The molecule has 0 aliphatic heterocycles. The number of nitrogens with zero attached hydrogens (tertiary/aromatic N) is 2. The maximum atomic E-state index is 12.8. The van der Waals surface area contributed by atoms with Crippen LogP contribution in [0.1, 0.15) is 24.2 Å². The number of rotatable bonds is 5. The Balaban J connectivity index is 1.95. The van der Waals surface area contributed by atoms with E-state index in [4.69, 9.17) is 21.3 Å². The predicted octanol–water partition coefficient (Wildman–Crippen LogP) is 3.16.